The number of methoxy groups -OCH3 is 1. The normalized spacial score (nSPS) is 10.9. The van der Waals surface area contributed by atoms with E-state index in [0.29, 0.717) is 28.5 Å². The largest absolute Gasteiger partial charge is 0.465 e. The van der Waals surface area contributed by atoms with Crippen LogP contribution in [0.2, 0.25) is 0 Å². The first kappa shape index (κ1) is 21.4. The van der Waals surface area contributed by atoms with Crippen LogP contribution >= 0.6 is 11.8 Å². The standard InChI is InChI=1S/C19H21N5O5S/c1-5-24-14-15(22(2)19(28)23(3)16(14)26)21-18(24)30-10-13(25)20-12-8-6-11(7-9-12)17(27)29-4/h6-9H,5,10H2,1-4H3,(H,20,25). The highest BCUT2D eigenvalue weighted by Gasteiger charge is 2.19. The lowest BCUT2D eigenvalue weighted by Crippen LogP contribution is -2.37. The van der Waals surface area contributed by atoms with Crippen LogP contribution in [0, 0.1) is 0 Å². The van der Waals surface area contributed by atoms with E-state index in [9.17, 15) is 19.2 Å². The predicted molar refractivity (Wildman–Crippen MR) is 113 cm³/mol. The van der Waals surface area contributed by atoms with Gasteiger partial charge >= 0.3 is 11.7 Å². The molecule has 0 saturated heterocycles. The topological polar surface area (TPSA) is 117 Å². The first-order valence-corrected chi connectivity index (χ1v) is 10.0. The zero-order valence-corrected chi connectivity index (χ0v) is 17.8. The molecule has 0 fully saturated rings. The fourth-order valence-corrected chi connectivity index (χ4v) is 3.82. The van der Waals surface area contributed by atoms with E-state index in [2.05, 4.69) is 15.0 Å². The quantitative estimate of drug-likeness (QED) is 0.456. The number of aromatic nitrogens is 4. The maximum absolute atomic E-state index is 12.5. The minimum atomic E-state index is -0.460. The zero-order valence-electron chi connectivity index (χ0n) is 17.0. The summed E-state index contributed by atoms with van der Waals surface area (Å²) in [6.45, 7) is 2.32. The number of thioether (sulfide) groups is 1. The van der Waals surface area contributed by atoms with E-state index in [1.165, 1.54) is 30.5 Å². The van der Waals surface area contributed by atoms with Crippen molar-refractivity contribution in [2.45, 2.75) is 18.6 Å². The second-order valence-corrected chi connectivity index (χ2v) is 7.36. The van der Waals surface area contributed by atoms with Crippen molar-refractivity contribution < 1.29 is 14.3 Å². The summed E-state index contributed by atoms with van der Waals surface area (Å²) in [7, 11) is 4.27. The SMILES string of the molecule is CCn1c(SCC(=O)Nc2ccc(C(=O)OC)cc2)nc2c1c(=O)n(C)c(=O)n2C. The van der Waals surface area contributed by atoms with Crippen LogP contribution in [0.4, 0.5) is 5.69 Å². The van der Waals surface area contributed by atoms with Crippen LogP contribution < -0.4 is 16.6 Å². The fraction of sp³-hybridized carbons (Fsp3) is 0.316. The third-order valence-corrected chi connectivity index (χ3v) is 5.53. The molecule has 0 aliphatic carbocycles. The number of benzene rings is 1. The van der Waals surface area contributed by atoms with Crippen LogP contribution in [0.5, 0.6) is 0 Å². The number of amides is 1. The van der Waals surface area contributed by atoms with Gasteiger partial charge in [-0.2, -0.15) is 0 Å². The van der Waals surface area contributed by atoms with E-state index in [1.807, 2.05) is 6.92 Å². The molecule has 0 aliphatic rings. The summed E-state index contributed by atoms with van der Waals surface area (Å²) in [4.78, 5) is 52.9. The van der Waals surface area contributed by atoms with Crippen molar-refractivity contribution in [3.05, 3.63) is 50.7 Å². The highest BCUT2D eigenvalue weighted by atomic mass is 32.2. The van der Waals surface area contributed by atoms with Gasteiger partial charge < -0.3 is 14.6 Å². The summed E-state index contributed by atoms with van der Waals surface area (Å²) in [5, 5.41) is 3.21. The lowest BCUT2D eigenvalue weighted by Gasteiger charge is -2.07. The monoisotopic (exact) mass is 431 g/mol. The third kappa shape index (κ3) is 3.88. The van der Waals surface area contributed by atoms with Crippen molar-refractivity contribution in [1.29, 1.82) is 0 Å². The number of fused-ring (bicyclic) bond motifs is 1. The molecule has 0 spiro atoms. The summed E-state index contributed by atoms with van der Waals surface area (Å²) in [5.74, 6) is -0.680. The highest BCUT2D eigenvalue weighted by molar-refractivity contribution is 7.99. The molecule has 3 rings (SSSR count). The van der Waals surface area contributed by atoms with Gasteiger partial charge in [-0.15, -0.1) is 0 Å². The maximum Gasteiger partial charge on any atom is 0.337 e. The van der Waals surface area contributed by atoms with Crippen LogP contribution in [0.15, 0.2) is 39.0 Å². The molecule has 30 heavy (non-hydrogen) atoms. The van der Waals surface area contributed by atoms with E-state index in [4.69, 9.17) is 0 Å². The molecule has 2 aromatic heterocycles. The van der Waals surface area contributed by atoms with Crippen LogP contribution in [0.3, 0.4) is 0 Å². The molecular weight excluding hydrogens is 410 g/mol. The molecule has 1 aromatic carbocycles. The Bertz CT molecular complexity index is 1240. The minimum Gasteiger partial charge on any atom is -0.465 e. The smallest absolute Gasteiger partial charge is 0.337 e. The fourth-order valence-electron chi connectivity index (χ4n) is 2.96. The van der Waals surface area contributed by atoms with Gasteiger partial charge in [0.15, 0.2) is 16.3 Å². The van der Waals surface area contributed by atoms with E-state index < -0.39 is 17.2 Å². The Balaban J connectivity index is 1.78. The van der Waals surface area contributed by atoms with Crippen LogP contribution in [0.25, 0.3) is 11.2 Å². The first-order valence-electron chi connectivity index (χ1n) is 9.05. The van der Waals surface area contributed by atoms with Gasteiger partial charge in [-0.3, -0.25) is 18.7 Å². The van der Waals surface area contributed by atoms with E-state index >= 15 is 0 Å². The first-order chi connectivity index (χ1) is 14.3. The molecule has 1 amide bonds. The Morgan fingerprint density at radius 1 is 1.13 bits per heavy atom. The number of aryl methyl sites for hydroxylation is 2. The predicted octanol–water partition coefficient (Wildman–Crippen LogP) is 0.971. The number of anilines is 1. The molecule has 0 radical (unpaired) electrons. The van der Waals surface area contributed by atoms with E-state index in [0.717, 1.165) is 4.57 Å². The number of nitrogens with one attached hydrogen (secondary N) is 1. The van der Waals surface area contributed by atoms with Gasteiger partial charge in [0.2, 0.25) is 5.91 Å². The van der Waals surface area contributed by atoms with Gasteiger partial charge in [-0.05, 0) is 31.2 Å². The number of carbonyl (C=O) groups is 2. The van der Waals surface area contributed by atoms with Gasteiger partial charge in [0.05, 0.1) is 18.4 Å². The van der Waals surface area contributed by atoms with Crippen LogP contribution in [-0.2, 0) is 30.2 Å². The number of carbonyl (C=O) groups excluding carboxylic acids is 2. The minimum absolute atomic E-state index is 0.0519. The average molecular weight is 431 g/mol. The van der Waals surface area contributed by atoms with Gasteiger partial charge in [0.25, 0.3) is 5.56 Å². The van der Waals surface area contributed by atoms with Gasteiger partial charge in [0, 0.05) is 26.3 Å². The molecule has 0 saturated carbocycles. The van der Waals surface area contributed by atoms with E-state index in [1.54, 1.807) is 35.9 Å². The number of ether oxygens (including phenoxy) is 1. The van der Waals surface area contributed by atoms with Gasteiger partial charge in [-0.1, -0.05) is 11.8 Å². The lowest BCUT2D eigenvalue weighted by atomic mass is 10.2. The zero-order chi connectivity index (χ0) is 22.0. The number of rotatable bonds is 6. The van der Waals surface area contributed by atoms with Crippen molar-refractivity contribution in [3.63, 3.8) is 0 Å². The molecule has 1 N–H and O–H groups in total. The molecule has 0 bridgehead atoms. The average Bonchev–Trinajstić information content (AvgIpc) is 3.13. The molecule has 0 atom stereocenters. The molecule has 11 heteroatoms. The van der Waals surface area contributed by atoms with Crippen molar-refractivity contribution in [2.75, 3.05) is 18.2 Å². The summed E-state index contributed by atoms with van der Waals surface area (Å²) < 4.78 is 8.69. The number of hydrogen-bond acceptors (Lipinski definition) is 7. The summed E-state index contributed by atoms with van der Waals surface area (Å²) in [6, 6.07) is 6.33. The lowest BCUT2D eigenvalue weighted by molar-refractivity contribution is -0.113. The number of esters is 1. The Labute approximate surface area is 175 Å². The summed E-state index contributed by atoms with van der Waals surface area (Å²) in [5.41, 5.74) is 0.638. The number of nitrogens with zero attached hydrogens (tertiary/aromatic N) is 4. The summed E-state index contributed by atoms with van der Waals surface area (Å²) in [6.07, 6.45) is 0. The molecule has 158 valence electrons. The third-order valence-electron chi connectivity index (χ3n) is 4.55. The van der Waals surface area contributed by atoms with Crippen molar-refractivity contribution in [1.82, 2.24) is 18.7 Å². The van der Waals surface area contributed by atoms with Crippen LogP contribution in [0.1, 0.15) is 17.3 Å². The Morgan fingerprint density at radius 3 is 2.40 bits per heavy atom. The molecule has 3 aromatic rings. The molecule has 0 unspecified atom stereocenters. The number of imidazole rings is 1. The molecule has 10 nitrogen and oxygen atoms in total. The summed E-state index contributed by atoms with van der Waals surface area (Å²) >= 11 is 1.17. The van der Waals surface area contributed by atoms with Crippen molar-refractivity contribution in [2.24, 2.45) is 14.1 Å². The van der Waals surface area contributed by atoms with Crippen molar-refractivity contribution >= 4 is 40.5 Å². The van der Waals surface area contributed by atoms with Gasteiger partial charge in [-0.25, -0.2) is 14.6 Å². The Morgan fingerprint density at radius 2 is 1.80 bits per heavy atom. The number of hydrogen-bond donors (Lipinski definition) is 1. The molecule has 2 heterocycles. The maximum atomic E-state index is 12.5. The van der Waals surface area contributed by atoms with Gasteiger partial charge in [0.1, 0.15) is 0 Å². The second kappa shape index (κ2) is 8.57. The second-order valence-electron chi connectivity index (χ2n) is 6.42. The van der Waals surface area contributed by atoms with E-state index in [-0.39, 0.29) is 17.3 Å². The Hall–Kier alpha value is -3.34. The molecular formula is C19H21N5O5S. The van der Waals surface area contributed by atoms with Crippen LogP contribution in [-0.4, -0.2) is 43.4 Å². The molecule has 0 aliphatic heterocycles. The Kier molecular flexibility index (Phi) is 6.11. The highest BCUT2D eigenvalue weighted by Crippen LogP contribution is 2.22. The van der Waals surface area contributed by atoms with Crippen molar-refractivity contribution in [3.8, 4) is 0 Å².